The van der Waals surface area contributed by atoms with Crippen LogP contribution in [0.2, 0.25) is 0 Å². The number of halogens is 1. The van der Waals surface area contributed by atoms with Crippen LogP contribution in [-0.2, 0) is 4.74 Å². The average Bonchev–Trinajstić information content (AvgIpc) is 2.69. The van der Waals surface area contributed by atoms with Gasteiger partial charge in [-0.05, 0) is 34.8 Å². The Morgan fingerprint density at radius 1 is 1.67 bits per heavy atom. The van der Waals surface area contributed by atoms with Crippen molar-refractivity contribution in [3.05, 3.63) is 16.7 Å². The maximum Gasteiger partial charge on any atom is 0.119 e. The fourth-order valence-electron chi connectivity index (χ4n) is 1.51. The van der Waals surface area contributed by atoms with Crippen LogP contribution in [0.5, 0.6) is 0 Å². The first-order valence-corrected chi connectivity index (χ1v) is 6.69. The standard InChI is InChI=1S/C10H13BrN2OS/c11-7-4-9(12)10(13-5-7)15-6-8-2-1-3-14-8/h4-5,8H,1-3,6,12H2. The Morgan fingerprint density at radius 3 is 3.20 bits per heavy atom. The van der Waals surface area contributed by atoms with E-state index in [0.29, 0.717) is 6.10 Å². The van der Waals surface area contributed by atoms with Crippen molar-refractivity contribution in [2.75, 3.05) is 18.1 Å². The molecule has 5 heteroatoms. The number of hydrogen-bond acceptors (Lipinski definition) is 4. The van der Waals surface area contributed by atoms with Crippen molar-refractivity contribution in [3.63, 3.8) is 0 Å². The molecule has 1 unspecified atom stereocenters. The normalized spacial score (nSPS) is 20.7. The van der Waals surface area contributed by atoms with Crippen molar-refractivity contribution in [2.45, 2.75) is 24.0 Å². The van der Waals surface area contributed by atoms with Gasteiger partial charge in [0.25, 0.3) is 0 Å². The third kappa shape index (κ3) is 3.09. The van der Waals surface area contributed by atoms with Gasteiger partial charge in [0.05, 0.1) is 11.8 Å². The van der Waals surface area contributed by atoms with E-state index in [4.69, 9.17) is 10.5 Å². The van der Waals surface area contributed by atoms with Crippen LogP contribution in [0.4, 0.5) is 5.69 Å². The van der Waals surface area contributed by atoms with Gasteiger partial charge < -0.3 is 10.5 Å². The molecule has 0 radical (unpaired) electrons. The van der Waals surface area contributed by atoms with Gasteiger partial charge >= 0.3 is 0 Å². The van der Waals surface area contributed by atoms with Crippen molar-refractivity contribution in [3.8, 4) is 0 Å². The van der Waals surface area contributed by atoms with E-state index in [1.165, 1.54) is 6.42 Å². The molecule has 0 spiro atoms. The summed E-state index contributed by atoms with van der Waals surface area (Å²) >= 11 is 5.01. The molecule has 0 amide bonds. The van der Waals surface area contributed by atoms with Gasteiger partial charge in [-0.3, -0.25) is 0 Å². The van der Waals surface area contributed by atoms with Crippen LogP contribution in [0.25, 0.3) is 0 Å². The summed E-state index contributed by atoms with van der Waals surface area (Å²) in [5.74, 6) is 0.943. The van der Waals surface area contributed by atoms with Gasteiger partial charge in [-0.25, -0.2) is 4.98 Å². The number of nitrogens with zero attached hydrogens (tertiary/aromatic N) is 1. The van der Waals surface area contributed by atoms with Crippen molar-refractivity contribution in [1.82, 2.24) is 4.98 Å². The topological polar surface area (TPSA) is 48.1 Å². The molecule has 15 heavy (non-hydrogen) atoms. The number of rotatable bonds is 3. The highest BCUT2D eigenvalue weighted by Gasteiger charge is 2.16. The maximum atomic E-state index is 5.85. The second-order valence-corrected chi connectivity index (χ2v) is 5.42. The molecule has 3 nitrogen and oxygen atoms in total. The molecule has 2 heterocycles. The molecule has 1 aromatic rings. The highest BCUT2D eigenvalue weighted by Crippen LogP contribution is 2.27. The fourth-order valence-corrected chi connectivity index (χ4v) is 2.82. The number of aromatic nitrogens is 1. The molecule has 2 N–H and O–H groups in total. The largest absolute Gasteiger partial charge is 0.397 e. The monoisotopic (exact) mass is 288 g/mol. The summed E-state index contributed by atoms with van der Waals surface area (Å²) in [5.41, 5.74) is 6.58. The van der Waals surface area contributed by atoms with Gasteiger partial charge in [0.2, 0.25) is 0 Å². The second kappa shape index (κ2) is 5.18. The molecule has 82 valence electrons. The zero-order chi connectivity index (χ0) is 10.7. The maximum absolute atomic E-state index is 5.85. The molecule has 0 aliphatic carbocycles. The minimum absolute atomic E-state index is 0.375. The van der Waals surface area contributed by atoms with Gasteiger partial charge in [-0.15, -0.1) is 11.8 Å². The highest BCUT2D eigenvalue weighted by molar-refractivity contribution is 9.10. The molecular formula is C10H13BrN2OS. The SMILES string of the molecule is Nc1cc(Br)cnc1SCC1CCCO1. The third-order valence-electron chi connectivity index (χ3n) is 2.28. The van der Waals surface area contributed by atoms with Gasteiger partial charge in [-0.2, -0.15) is 0 Å². The van der Waals surface area contributed by atoms with Crippen molar-refractivity contribution in [2.24, 2.45) is 0 Å². The summed E-state index contributed by atoms with van der Waals surface area (Å²) < 4.78 is 6.46. The van der Waals surface area contributed by atoms with Crippen LogP contribution in [0.15, 0.2) is 21.8 Å². The molecule has 2 rings (SSSR count). The fraction of sp³-hybridized carbons (Fsp3) is 0.500. The Labute approximate surface area is 102 Å². The van der Waals surface area contributed by atoms with E-state index in [0.717, 1.165) is 34.0 Å². The summed E-state index contributed by atoms with van der Waals surface area (Å²) in [4.78, 5) is 4.27. The van der Waals surface area contributed by atoms with Gasteiger partial charge in [0.1, 0.15) is 5.03 Å². The minimum atomic E-state index is 0.375. The molecule has 1 aromatic heterocycles. The number of ether oxygens (including phenoxy) is 1. The van der Waals surface area contributed by atoms with E-state index in [-0.39, 0.29) is 0 Å². The molecule has 1 atom stereocenters. The van der Waals surface area contributed by atoms with E-state index >= 15 is 0 Å². The number of thioether (sulfide) groups is 1. The lowest BCUT2D eigenvalue weighted by Gasteiger charge is -2.09. The molecule has 1 fully saturated rings. The summed E-state index contributed by atoms with van der Waals surface area (Å²) in [6, 6.07) is 1.88. The number of pyridine rings is 1. The molecule has 1 aliphatic heterocycles. The Bertz CT molecular complexity index is 342. The predicted octanol–water partition coefficient (Wildman–Crippen LogP) is 2.70. The van der Waals surface area contributed by atoms with Crippen molar-refractivity contribution < 1.29 is 4.74 Å². The average molecular weight is 289 g/mol. The van der Waals surface area contributed by atoms with Crippen LogP contribution < -0.4 is 5.73 Å². The zero-order valence-electron chi connectivity index (χ0n) is 8.28. The Kier molecular flexibility index (Phi) is 3.88. The molecule has 1 saturated heterocycles. The number of nitrogens with two attached hydrogens (primary N) is 1. The van der Waals surface area contributed by atoms with Crippen molar-refractivity contribution in [1.29, 1.82) is 0 Å². The summed E-state index contributed by atoms with van der Waals surface area (Å²) in [6.45, 7) is 0.897. The summed E-state index contributed by atoms with van der Waals surface area (Å²) in [5, 5.41) is 0.897. The quantitative estimate of drug-likeness (QED) is 0.869. The number of anilines is 1. The second-order valence-electron chi connectivity index (χ2n) is 3.49. The van der Waals surface area contributed by atoms with Crippen molar-refractivity contribution >= 4 is 33.4 Å². The predicted molar refractivity (Wildman–Crippen MR) is 66.0 cm³/mol. The Balaban J connectivity index is 1.92. The smallest absolute Gasteiger partial charge is 0.119 e. The lowest BCUT2D eigenvalue weighted by molar-refractivity contribution is 0.129. The van der Waals surface area contributed by atoms with E-state index < -0.39 is 0 Å². The first-order valence-electron chi connectivity index (χ1n) is 4.91. The first kappa shape index (κ1) is 11.2. The lowest BCUT2D eigenvalue weighted by atomic mass is 10.3. The third-order valence-corrected chi connectivity index (χ3v) is 3.86. The van der Waals surface area contributed by atoms with Crippen LogP contribution >= 0.6 is 27.7 Å². The molecule has 0 saturated carbocycles. The van der Waals surface area contributed by atoms with Crippen LogP contribution in [0.3, 0.4) is 0 Å². The van der Waals surface area contributed by atoms with E-state index in [9.17, 15) is 0 Å². The van der Waals surface area contributed by atoms with E-state index in [2.05, 4.69) is 20.9 Å². The highest BCUT2D eigenvalue weighted by atomic mass is 79.9. The lowest BCUT2D eigenvalue weighted by Crippen LogP contribution is -2.08. The van der Waals surface area contributed by atoms with E-state index in [1.54, 1.807) is 18.0 Å². The molecular weight excluding hydrogens is 276 g/mol. The molecule has 1 aliphatic rings. The summed E-state index contributed by atoms with van der Waals surface area (Å²) in [7, 11) is 0. The number of nitrogen functional groups attached to an aromatic ring is 1. The first-order chi connectivity index (χ1) is 7.25. The van der Waals surface area contributed by atoms with E-state index in [1.807, 2.05) is 6.07 Å². The zero-order valence-corrected chi connectivity index (χ0v) is 10.7. The Hall–Kier alpha value is -0.260. The minimum Gasteiger partial charge on any atom is -0.397 e. The van der Waals surface area contributed by atoms with Crippen LogP contribution in [0.1, 0.15) is 12.8 Å². The molecule has 0 aromatic carbocycles. The Morgan fingerprint density at radius 2 is 2.53 bits per heavy atom. The molecule has 0 bridgehead atoms. The summed E-state index contributed by atoms with van der Waals surface area (Å²) in [6.07, 6.45) is 4.48. The van der Waals surface area contributed by atoms with Gasteiger partial charge in [0, 0.05) is 23.0 Å². The van der Waals surface area contributed by atoms with Gasteiger partial charge in [-0.1, -0.05) is 0 Å². The van der Waals surface area contributed by atoms with Crippen LogP contribution in [0, 0.1) is 0 Å². The van der Waals surface area contributed by atoms with Crippen LogP contribution in [-0.4, -0.2) is 23.4 Å². The number of hydrogen-bond donors (Lipinski definition) is 1. The van der Waals surface area contributed by atoms with Gasteiger partial charge in [0.15, 0.2) is 0 Å².